The molecule has 0 aromatic heterocycles. The average Bonchev–Trinajstić information content (AvgIpc) is 2.58. The molecule has 8 nitrogen and oxygen atoms in total. The van der Waals surface area contributed by atoms with Crippen molar-refractivity contribution in [2.75, 3.05) is 39.4 Å². The Morgan fingerprint density at radius 3 is 1.92 bits per heavy atom. The minimum atomic E-state index is -1.57. The van der Waals surface area contributed by atoms with Gasteiger partial charge in [-0.25, -0.2) is 0 Å². The van der Waals surface area contributed by atoms with Crippen LogP contribution in [0.2, 0.25) is 0 Å². The van der Waals surface area contributed by atoms with Gasteiger partial charge >= 0.3 is 0 Å². The minimum Gasteiger partial charge on any atom is -0.387 e. The summed E-state index contributed by atoms with van der Waals surface area (Å²) in [5.41, 5.74) is 0. The van der Waals surface area contributed by atoms with E-state index < -0.39 is 36.8 Å². The Morgan fingerprint density at radius 1 is 0.885 bits per heavy atom. The van der Waals surface area contributed by atoms with E-state index in [1.54, 1.807) is 0 Å². The molecule has 1 rings (SSSR count). The molecule has 0 aromatic rings. The molecule has 0 radical (unpaired) electrons. The molecule has 0 aliphatic carbocycles. The van der Waals surface area contributed by atoms with Gasteiger partial charge in [-0.3, -0.25) is 0 Å². The first-order chi connectivity index (χ1) is 12.3. The van der Waals surface area contributed by atoms with Crippen LogP contribution in [0.25, 0.3) is 0 Å². The predicted octanol–water partition coefficient (Wildman–Crippen LogP) is -0.789. The Balaban J connectivity index is 2.50. The highest BCUT2D eigenvalue weighted by Gasteiger charge is 2.43. The van der Waals surface area contributed by atoms with E-state index in [4.69, 9.17) is 9.47 Å². The van der Waals surface area contributed by atoms with Gasteiger partial charge in [-0.1, -0.05) is 20.8 Å². The standard InChI is InChI=1S/C18H38NO7/c1-4-7-19(8-5-2,9-6-3)10-13(20)11-25-12-14-15(21)16(22)17(23)18(24)26-14/h13-18,20-24H,4-12H2,1-3H3/q+1/t13?,14-,15-,16+,17-,18+/m1/s1. The topological polar surface area (TPSA) is 120 Å². The van der Waals surface area contributed by atoms with Crippen molar-refractivity contribution in [2.45, 2.75) is 76.8 Å². The van der Waals surface area contributed by atoms with Crippen LogP contribution in [0.3, 0.4) is 0 Å². The quantitative estimate of drug-likeness (QED) is 0.282. The van der Waals surface area contributed by atoms with Crippen molar-refractivity contribution in [3.05, 3.63) is 0 Å². The van der Waals surface area contributed by atoms with Crippen LogP contribution in [0.4, 0.5) is 0 Å². The summed E-state index contributed by atoms with van der Waals surface area (Å²) in [5, 5.41) is 49.0. The Bertz CT molecular complexity index is 368. The maximum absolute atomic E-state index is 10.4. The molecule has 0 saturated carbocycles. The summed E-state index contributed by atoms with van der Waals surface area (Å²) in [6.07, 6.45) is -4.45. The molecule has 8 heteroatoms. The number of hydrogen-bond acceptors (Lipinski definition) is 7. The molecule has 0 spiro atoms. The normalized spacial score (nSPS) is 31.2. The first-order valence-electron chi connectivity index (χ1n) is 9.78. The molecule has 1 aliphatic heterocycles. The second kappa shape index (κ2) is 11.5. The highest BCUT2D eigenvalue weighted by Crippen LogP contribution is 2.20. The van der Waals surface area contributed by atoms with E-state index >= 15 is 0 Å². The van der Waals surface area contributed by atoms with E-state index in [0.717, 1.165) is 43.4 Å². The summed E-state index contributed by atoms with van der Waals surface area (Å²) >= 11 is 0. The van der Waals surface area contributed by atoms with Crippen LogP contribution in [0.1, 0.15) is 40.0 Å². The number of quaternary nitrogens is 1. The zero-order chi connectivity index (χ0) is 19.7. The molecular formula is C18H38NO7+. The number of rotatable bonds is 12. The van der Waals surface area contributed by atoms with Gasteiger partial charge in [0.2, 0.25) is 0 Å². The fourth-order valence-electron chi connectivity index (χ4n) is 3.92. The van der Waals surface area contributed by atoms with Gasteiger partial charge < -0.3 is 39.5 Å². The summed E-state index contributed by atoms with van der Waals surface area (Å²) in [6, 6.07) is 0. The Kier molecular flexibility index (Phi) is 10.5. The lowest BCUT2D eigenvalue weighted by molar-refractivity contribution is -0.931. The summed E-state index contributed by atoms with van der Waals surface area (Å²) in [6.45, 7) is 10.1. The average molecular weight is 381 g/mol. The third-order valence-electron chi connectivity index (χ3n) is 4.97. The first kappa shape index (κ1) is 23.7. The summed E-state index contributed by atoms with van der Waals surface area (Å²) in [5.74, 6) is 0. The molecule has 156 valence electrons. The van der Waals surface area contributed by atoms with Crippen LogP contribution in [-0.2, 0) is 9.47 Å². The number of aliphatic hydroxyl groups is 5. The number of hydrogen-bond donors (Lipinski definition) is 5. The fraction of sp³-hybridized carbons (Fsp3) is 1.00. The van der Waals surface area contributed by atoms with Gasteiger partial charge in [-0.15, -0.1) is 0 Å². The van der Waals surface area contributed by atoms with Crippen LogP contribution in [0.5, 0.6) is 0 Å². The molecule has 0 aromatic carbocycles. The Morgan fingerprint density at radius 2 is 1.42 bits per heavy atom. The lowest BCUT2D eigenvalue weighted by Crippen LogP contribution is -2.58. The van der Waals surface area contributed by atoms with Crippen molar-refractivity contribution < 1.29 is 39.5 Å². The Hall–Kier alpha value is -0.320. The van der Waals surface area contributed by atoms with Crippen LogP contribution in [-0.4, -0.2) is 106 Å². The number of aliphatic hydroxyl groups excluding tert-OH is 5. The van der Waals surface area contributed by atoms with Gasteiger partial charge in [-0.2, -0.15) is 0 Å². The van der Waals surface area contributed by atoms with Crippen molar-refractivity contribution >= 4 is 0 Å². The van der Waals surface area contributed by atoms with Crippen LogP contribution in [0.15, 0.2) is 0 Å². The second-order valence-electron chi connectivity index (χ2n) is 7.42. The largest absolute Gasteiger partial charge is 0.387 e. The zero-order valence-corrected chi connectivity index (χ0v) is 16.3. The predicted molar refractivity (Wildman–Crippen MR) is 96.3 cm³/mol. The lowest BCUT2D eigenvalue weighted by atomic mass is 9.99. The molecule has 26 heavy (non-hydrogen) atoms. The van der Waals surface area contributed by atoms with E-state index in [1.165, 1.54) is 0 Å². The molecule has 0 bridgehead atoms. The molecule has 5 N–H and O–H groups in total. The van der Waals surface area contributed by atoms with Crippen LogP contribution in [0, 0.1) is 0 Å². The Labute approximate surface area is 156 Å². The van der Waals surface area contributed by atoms with Crippen molar-refractivity contribution in [3.63, 3.8) is 0 Å². The van der Waals surface area contributed by atoms with E-state index in [1.807, 2.05) is 0 Å². The van der Waals surface area contributed by atoms with Crippen LogP contribution < -0.4 is 0 Å². The molecule has 1 aliphatic rings. The molecule has 1 heterocycles. The van der Waals surface area contributed by atoms with E-state index in [-0.39, 0.29) is 13.2 Å². The highest BCUT2D eigenvalue weighted by molar-refractivity contribution is 4.88. The summed E-state index contributed by atoms with van der Waals surface area (Å²) in [4.78, 5) is 0. The minimum absolute atomic E-state index is 0.0818. The smallest absolute Gasteiger partial charge is 0.184 e. The SMILES string of the molecule is CCC[N+](CCC)(CCC)CC(O)COC[C@H]1O[C@H](O)[C@H](O)[C@@H](O)[C@@H]1O. The van der Waals surface area contributed by atoms with Crippen molar-refractivity contribution in [1.29, 1.82) is 0 Å². The van der Waals surface area contributed by atoms with Crippen molar-refractivity contribution in [2.24, 2.45) is 0 Å². The molecule has 0 amide bonds. The highest BCUT2D eigenvalue weighted by atomic mass is 16.6. The molecule has 6 atom stereocenters. The summed E-state index contributed by atoms with van der Waals surface area (Å²) < 4.78 is 11.4. The van der Waals surface area contributed by atoms with Gasteiger partial charge in [0.25, 0.3) is 0 Å². The van der Waals surface area contributed by atoms with Gasteiger partial charge in [0.05, 0.1) is 32.8 Å². The van der Waals surface area contributed by atoms with Gasteiger partial charge in [0.1, 0.15) is 37.1 Å². The van der Waals surface area contributed by atoms with E-state index in [0.29, 0.717) is 6.54 Å². The van der Waals surface area contributed by atoms with Crippen LogP contribution >= 0.6 is 0 Å². The van der Waals surface area contributed by atoms with Gasteiger partial charge in [0, 0.05) is 0 Å². The number of ether oxygens (including phenoxy) is 2. The van der Waals surface area contributed by atoms with E-state index in [9.17, 15) is 25.5 Å². The first-order valence-corrected chi connectivity index (χ1v) is 9.78. The maximum atomic E-state index is 10.4. The second-order valence-corrected chi connectivity index (χ2v) is 7.42. The third kappa shape index (κ3) is 6.69. The van der Waals surface area contributed by atoms with Crippen molar-refractivity contribution in [3.8, 4) is 0 Å². The number of nitrogens with zero attached hydrogens (tertiary/aromatic N) is 1. The van der Waals surface area contributed by atoms with Gasteiger partial charge in [-0.05, 0) is 19.3 Å². The molecule has 1 saturated heterocycles. The van der Waals surface area contributed by atoms with E-state index in [2.05, 4.69) is 20.8 Å². The fourth-order valence-corrected chi connectivity index (χ4v) is 3.92. The van der Waals surface area contributed by atoms with Gasteiger partial charge in [0.15, 0.2) is 6.29 Å². The molecular weight excluding hydrogens is 342 g/mol. The maximum Gasteiger partial charge on any atom is 0.184 e. The third-order valence-corrected chi connectivity index (χ3v) is 4.97. The monoisotopic (exact) mass is 380 g/mol. The zero-order valence-electron chi connectivity index (χ0n) is 16.3. The summed E-state index contributed by atoms with van der Waals surface area (Å²) in [7, 11) is 0. The van der Waals surface area contributed by atoms with Crippen molar-refractivity contribution in [1.82, 2.24) is 0 Å². The lowest BCUT2D eigenvalue weighted by Gasteiger charge is -2.40. The molecule has 1 unspecified atom stereocenters. The molecule has 1 fully saturated rings.